The van der Waals surface area contributed by atoms with Crippen LogP contribution in [-0.2, 0) is 10.0 Å². The van der Waals surface area contributed by atoms with Gasteiger partial charge in [0.15, 0.2) is 0 Å². The molecule has 1 aromatic carbocycles. The lowest BCUT2D eigenvalue weighted by atomic mass is 9.95. The molecule has 0 bridgehead atoms. The molecule has 0 unspecified atom stereocenters. The first-order valence-corrected chi connectivity index (χ1v) is 10.1. The monoisotopic (exact) mass is 421 g/mol. The predicted molar refractivity (Wildman–Crippen MR) is 99.6 cm³/mol. The van der Waals surface area contributed by atoms with Gasteiger partial charge in [-0.05, 0) is 29.0 Å². The van der Waals surface area contributed by atoms with Gasteiger partial charge in [0, 0.05) is 37.4 Å². The lowest BCUT2D eigenvalue weighted by Gasteiger charge is -2.45. The average molecular weight is 422 g/mol. The van der Waals surface area contributed by atoms with E-state index in [9.17, 15) is 21.6 Å². The summed E-state index contributed by atoms with van der Waals surface area (Å²) in [5, 5.41) is 2.13. The van der Waals surface area contributed by atoms with Crippen molar-refractivity contribution < 1.29 is 21.6 Å². The minimum absolute atomic E-state index is 0.171. The summed E-state index contributed by atoms with van der Waals surface area (Å²) in [5.74, 6) is 0.257. The highest BCUT2D eigenvalue weighted by atomic mass is 35.5. The molecular weight excluding hydrogens is 403 g/mol. The Balaban J connectivity index is 1.89. The highest BCUT2D eigenvalue weighted by Gasteiger charge is 2.52. The average Bonchev–Trinajstić information content (AvgIpc) is 2.51. The van der Waals surface area contributed by atoms with Crippen molar-refractivity contribution in [1.29, 1.82) is 0 Å². The van der Waals surface area contributed by atoms with E-state index in [-0.39, 0.29) is 19.0 Å². The van der Waals surface area contributed by atoms with Crippen LogP contribution in [0.25, 0.3) is 10.8 Å². The topological polar surface area (TPSA) is 53.5 Å². The van der Waals surface area contributed by atoms with Crippen LogP contribution in [0.2, 0.25) is 5.15 Å². The largest absolute Gasteiger partial charge is 0.511 e. The summed E-state index contributed by atoms with van der Waals surface area (Å²) in [5.41, 5.74) is -3.41. The van der Waals surface area contributed by atoms with Crippen molar-refractivity contribution in [3.63, 3.8) is 0 Å². The van der Waals surface area contributed by atoms with Gasteiger partial charge < -0.3 is 4.90 Å². The summed E-state index contributed by atoms with van der Waals surface area (Å²) in [7, 11) is -4.37. The predicted octanol–water partition coefficient (Wildman–Crippen LogP) is 3.98. The summed E-state index contributed by atoms with van der Waals surface area (Å²) < 4.78 is 61.7. The van der Waals surface area contributed by atoms with Crippen molar-refractivity contribution in [3.8, 4) is 0 Å². The number of sulfonamides is 1. The molecule has 1 aromatic heterocycles. The standard InChI is InChI=1S/C17H19ClF3N3O2S/c1-10(2)12-4-5-15(14-7-22-16(18)6-13(12)14)24-8-11(9-24)23(3)27(25,26)17(19,20)21/h4-7,10-11H,8-9H2,1-3H3. The number of rotatable bonds is 4. The number of alkyl halides is 3. The smallest absolute Gasteiger partial charge is 0.368 e. The summed E-state index contributed by atoms with van der Waals surface area (Å²) >= 11 is 6.03. The number of halogens is 4. The minimum atomic E-state index is -5.33. The Bertz CT molecular complexity index is 973. The fourth-order valence-electron chi connectivity index (χ4n) is 3.24. The number of pyridine rings is 1. The normalized spacial score (nSPS) is 16.4. The van der Waals surface area contributed by atoms with Gasteiger partial charge in [0.1, 0.15) is 5.15 Å². The van der Waals surface area contributed by atoms with E-state index in [1.165, 1.54) is 0 Å². The zero-order chi connectivity index (χ0) is 20.1. The molecule has 0 aliphatic carbocycles. The van der Waals surface area contributed by atoms with E-state index in [0.717, 1.165) is 29.1 Å². The summed E-state index contributed by atoms with van der Waals surface area (Å²) in [6.07, 6.45) is 1.64. The third-order valence-electron chi connectivity index (χ3n) is 4.89. The number of nitrogens with zero attached hydrogens (tertiary/aromatic N) is 3. The van der Waals surface area contributed by atoms with Gasteiger partial charge in [-0.3, -0.25) is 0 Å². The Kier molecular flexibility index (Phi) is 5.07. The van der Waals surface area contributed by atoms with Crippen molar-refractivity contribution in [2.24, 2.45) is 0 Å². The van der Waals surface area contributed by atoms with Crippen LogP contribution >= 0.6 is 11.6 Å². The molecule has 2 heterocycles. The second kappa shape index (κ2) is 6.79. The van der Waals surface area contributed by atoms with E-state index >= 15 is 0 Å². The molecule has 27 heavy (non-hydrogen) atoms. The van der Waals surface area contributed by atoms with E-state index in [1.54, 1.807) is 12.3 Å². The van der Waals surface area contributed by atoms with Crippen LogP contribution in [-0.4, -0.2) is 49.4 Å². The molecule has 3 rings (SSSR count). The molecule has 5 nitrogen and oxygen atoms in total. The molecule has 1 aliphatic heterocycles. The molecular formula is C17H19ClF3N3O2S. The maximum Gasteiger partial charge on any atom is 0.511 e. The fourth-order valence-corrected chi connectivity index (χ4v) is 4.25. The zero-order valence-electron chi connectivity index (χ0n) is 15.0. The third-order valence-corrected chi connectivity index (χ3v) is 6.74. The first-order valence-electron chi connectivity index (χ1n) is 8.31. The Morgan fingerprint density at radius 1 is 1.26 bits per heavy atom. The molecule has 0 spiro atoms. The maximum atomic E-state index is 12.7. The Morgan fingerprint density at radius 2 is 1.89 bits per heavy atom. The van der Waals surface area contributed by atoms with Crippen LogP contribution in [0.4, 0.5) is 18.9 Å². The number of likely N-dealkylation sites (N-methyl/N-ethyl adjacent to an activating group) is 1. The highest BCUT2D eigenvalue weighted by Crippen LogP contribution is 2.37. The van der Waals surface area contributed by atoms with Gasteiger partial charge in [-0.2, -0.15) is 17.5 Å². The van der Waals surface area contributed by atoms with Crippen LogP contribution in [0.15, 0.2) is 24.4 Å². The molecule has 0 N–H and O–H groups in total. The van der Waals surface area contributed by atoms with Crippen molar-refractivity contribution in [3.05, 3.63) is 35.1 Å². The van der Waals surface area contributed by atoms with Crippen LogP contribution in [0.1, 0.15) is 25.3 Å². The third kappa shape index (κ3) is 3.48. The molecule has 0 amide bonds. The Morgan fingerprint density at radius 3 is 2.44 bits per heavy atom. The van der Waals surface area contributed by atoms with Crippen molar-refractivity contribution in [2.45, 2.75) is 31.3 Å². The SMILES string of the molecule is CC(C)c1ccc(N2CC(N(C)S(=O)(=O)C(F)(F)F)C2)c2cnc(Cl)cc12. The van der Waals surface area contributed by atoms with E-state index in [0.29, 0.717) is 9.46 Å². The molecule has 1 fully saturated rings. The summed E-state index contributed by atoms with van der Waals surface area (Å²) in [6.45, 7) is 4.45. The quantitative estimate of drug-likeness (QED) is 0.701. The van der Waals surface area contributed by atoms with Gasteiger partial charge in [0.2, 0.25) is 0 Å². The Labute approximate surface area is 160 Å². The molecule has 1 aliphatic rings. The summed E-state index contributed by atoms with van der Waals surface area (Å²) in [6, 6.07) is 4.88. The van der Waals surface area contributed by atoms with Gasteiger partial charge in [-0.1, -0.05) is 31.5 Å². The molecule has 148 valence electrons. The molecule has 0 atom stereocenters. The van der Waals surface area contributed by atoms with Gasteiger partial charge >= 0.3 is 15.5 Å². The molecule has 1 saturated heterocycles. The van der Waals surface area contributed by atoms with E-state index in [4.69, 9.17) is 11.6 Å². The molecule has 0 saturated carbocycles. The number of aromatic nitrogens is 1. The van der Waals surface area contributed by atoms with E-state index in [2.05, 4.69) is 18.8 Å². The van der Waals surface area contributed by atoms with Crippen molar-refractivity contribution >= 4 is 38.1 Å². The van der Waals surface area contributed by atoms with Crippen LogP contribution in [0.5, 0.6) is 0 Å². The number of benzene rings is 1. The fraction of sp³-hybridized carbons (Fsp3) is 0.471. The second-order valence-corrected chi connectivity index (χ2v) is 9.28. The first kappa shape index (κ1) is 20.2. The zero-order valence-corrected chi connectivity index (χ0v) is 16.5. The first-order chi connectivity index (χ1) is 12.4. The second-order valence-electron chi connectivity index (χ2n) is 6.91. The number of hydrogen-bond donors (Lipinski definition) is 0. The van der Waals surface area contributed by atoms with Gasteiger partial charge in [0.25, 0.3) is 0 Å². The lowest BCUT2D eigenvalue weighted by Crippen LogP contribution is -2.61. The van der Waals surface area contributed by atoms with E-state index < -0.39 is 21.6 Å². The van der Waals surface area contributed by atoms with Gasteiger partial charge in [0.05, 0.1) is 6.04 Å². The van der Waals surface area contributed by atoms with Crippen LogP contribution in [0, 0.1) is 0 Å². The number of anilines is 1. The van der Waals surface area contributed by atoms with Gasteiger partial charge in [-0.25, -0.2) is 13.4 Å². The number of hydrogen-bond acceptors (Lipinski definition) is 4. The maximum absolute atomic E-state index is 12.7. The molecule has 10 heteroatoms. The van der Waals surface area contributed by atoms with Crippen LogP contribution < -0.4 is 4.90 Å². The van der Waals surface area contributed by atoms with Crippen molar-refractivity contribution in [2.75, 3.05) is 25.0 Å². The lowest BCUT2D eigenvalue weighted by molar-refractivity contribution is -0.0495. The molecule has 2 aromatic rings. The highest BCUT2D eigenvalue weighted by molar-refractivity contribution is 7.90. The summed E-state index contributed by atoms with van der Waals surface area (Å²) in [4.78, 5) is 5.96. The van der Waals surface area contributed by atoms with E-state index in [1.807, 2.05) is 17.0 Å². The van der Waals surface area contributed by atoms with Gasteiger partial charge in [-0.15, -0.1) is 0 Å². The Hall–Kier alpha value is -1.58. The van der Waals surface area contributed by atoms with Crippen LogP contribution in [0.3, 0.4) is 0 Å². The van der Waals surface area contributed by atoms with Crippen molar-refractivity contribution in [1.82, 2.24) is 9.29 Å². The minimum Gasteiger partial charge on any atom is -0.368 e. The molecule has 0 radical (unpaired) electrons. The number of fused-ring (bicyclic) bond motifs is 1.